The quantitative estimate of drug-likeness (QED) is 0.334. The zero-order valence-electron chi connectivity index (χ0n) is 13.8. The lowest BCUT2D eigenvalue weighted by Crippen LogP contribution is -2.34. The highest BCUT2D eigenvalue weighted by molar-refractivity contribution is 6.30. The minimum atomic E-state index is -1.35. The number of ketones is 1. The Labute approximate surface area is 145 Å². The molecule has 0 saturated carbocycles. The molecular formula is C17H18ClO6-. The Kier molecular flexibility index (Phi) is 6.97. The Morgan fingerprint density at radius 1 is 1.04 bits per heavy atom. The summed E-state index contributed by atoms with van der Waals surface area (Å²) in [7, 11) is 2.24. The first kappa shape index (κ1) is 19.7. The van der Waals surface area contributed by atoms with Gasteiger partial charge in [0.15, 0.2) is 0 Å². The van der Waals surface area contributed by atoms with Gasteiger partial charge in [0.25, 0.3) is 0 Å². The fourth-order valence-electron chi connectivity index (χ4n) is 2.46. The zero-order valence-corrected chi connectivity index (χ0v) is 14.5. The van der Waals surface area contributed by atoms with Crippen LogP contribution in [-0.2, 0) is 23.9 Å². The summed E-state index contributed by atoms with van der Waals surface area (Å²) in [5, 5.41) is 12.5. The molecule has 0 aliphatic heterocycles. The Morgan fingerprint density at radius 2 is 1.58 bits per heavy atom. The number of esters is 2. The first-order valence-corrected chi connectivity index (χ1v) is 7.42. The van der Waals surface area contributed by atoms with E-state index in [9.17, 15) is 19.5 Å². The van der Waals surface area contributed by atoms with Gasteiger partial charge in [-0.1, -0.05) is 30.7 Å². The predicted octanol–water partition coefficient (Wildman–Crippen LogP) is 1.61. The van der Waals surface area contributed by atoms with Crippen molar-refractivity contribution in [3.8, 4) is 0 Å². The number of Topliss-reactive ketones (excluding diaryl/α,β-unsaturated/α-hetero) is 1. The molecule has 24 heavy (non-hydrogen) atoms. The van der Waals surface area contributed by atoms with Crippen molar-refractivity contribution < 1.29 is 29.0 Å². The maximum atomic E-state index is 12.1. The number of halogens is 1. The van der Waals surface area contributed by atoms with Crippen LogP contribution in [0.1, 0.15) is 25.3 Å². The lowest BCUT2D eigenvalue weighted by atomic mass is 9.78. The van der Waals surface area contributed by atoms with Crippen LogP contribution in [-0.4, -0.2) is 31.9 Å². The largest absolute Gasteiger partial charge is 0.875 e. The predicted molar refractivity (Wildman–Crippen MR) is 85.1 cm³/mol. The summed E-state index contributed by atoms with van der Waals surface area (Å²) < 4.78 is 9.34. The van der Waals surface area contributed by atoms with E-state index in [4.69, 9.17) is 11.6 Å². The summed E-state index contributed by atoms with van der Waals surface area (Å²) in [6.07, 6.45) is 0. The van der Waals surface area contributed by atoms with Crippen LogP contribution in [0, 0.1) is 5.92 Å². The molecular weight excluding hydrogens is 336 g/mol. The molecule has 0 N–H and O–H groups in total. The Balaban J connectivity index is 3.65. The average molecular weight is 354 g/mol. The van der Waals surface area contributed by atoms with Crippen molar-refractivity contribution in [3.05, 3.63) is 46.2 Å². The van der Waals surface area contributed by atoms with Crippen LogP contribution < -0.4 is 5.11 Å². The maximum absolute atomic E-state index is 12.1. The van der Waals surface area contributed by atoms with Crippen LogP contribution in [0.2, 0.25) is 5.02 Å². The molecule has 0 aromatic heterocycles. The van der Waals surface area contributed by atoms with E-state index in [1.807, 2.05) is 0 Å². The van der Waals surface area contributed by atoms with Gasteiger partial charge < -0.3 is 14.6 Å². The molecule has 0 amide bonds. The first-order chi connectivity index (χ1) is 11.2. The average Bonchev–Trinajstić information content (AvgIpc) is 2.53. The van der Waals surface area contributed by atoms with E-state index in [1.165, 1.54) is 38.1 Å². The van der Waals surface area contributed by atoms with Crippen LogP contribution in [0.3, 0.4) is 0 Å². The highest BCUT2D eigenvalue weighted by Gasteiger charge is 2.39. The summed E-state index contributed by atoms with van der Waals surface area (Å²) in [5.74, 6) is -5.37. The number of rotatable bonds is 6. The minimum Gasteiger partial charge on any atom is -0.875 e. The van der Waals surface area contributed by atoms with Crippen molar-refractivity contribution in [2.45, 2.75) is 19.8 Å². The molecule has 130 valence electrons. The van der Waals surface area contributed by atoms with E-state index in [-0.39, 0.29) is 5.57 Å². The number of methoxy groups -OCH3 is 2. The summed E-state index contributed by atoms with van der Waals surface area (Å²) in [5.41, 5.74) is 0.103. The Morgan fingerprint density at radius 3 is 1.96 bits per heavy atom. The summed E-state index contributed by atoms with van der Waals surface area (Å²) in [6.45, 7) is 2.36. The highest BCUT2D eigenvalue weighted by Crippen LogP contribution is 2.36. The van der Waals surface area contributed by atoms with Crippen molar-refractivity contribution in [3.63, 3.8) is 0 Å². The lowest BCUT2D eigenvalue weighted by molar-refractivity contribution is -0.303. The number of hydrogen-bond donors (Lipinski definition) is 0. The van der Waals surface area contributed by atoms with Crippen LogP contribution in [0.5, 0.6) is 0 Å². The monoisotopic (exact) mass is 353 g/mol. The smallest absolute Gasteiger partial charge is 0.333 e. The van der Waals surface area contributed by atoms with Crippen molar-refractivity contribution in [2.75, 3.05) is 14.2 Å². The van der Waals surface area contributed by atoms with Gasteiger partial charge >= 0.3 is 11.9 Å². The van der Waals surface area contributed by atoms with Crippen molar-refractivity contribution in [1.82, 2.24) is 0 Å². The molecule has 0 spiro atoms. The van der Waals surface area contributed by atoms with Crippen LogP contribution in [0.15, 0.2) is 35.6 Å². The van der Waals surface area contributed by atoms with Gasteiger partial charge in [0.2, 0.25) is 0 Å². The second kappa shape index (κ2) is 8.49. The van der Waals surface area contributed by atoms with Gasteiger partial charge in [0.05, 0.1) is 14.2 Å². The molecule has 2 unspecified atom stereocenters. The van der Waals surface area contributed by atoms with Crippen molar-refractivity contribution >= 4 is 29.3 Å². The molecule has 0 aliphatic carbocycles. The molecule has 0 bridgehead atoms. The van der Waals surface area contributed by atoms with Crippen molar-refractivity contribution in [1.29, 1.82) is 0 Å². The van der Waals surface area contributed by atoms with E-state index in [0.717, 1.165) is 14.2 Å². The van der Waals surface area contributed by atoms with Crippen LogP contribution >= 0.6 is 11.6 Å². The molecule has 0 radical (unpaired) electrons. The number of carbonyl (C=O) groups excluding carboxylic acids is 3. The molecule has 7 heteroatoms. The molecule has 0 heterocycles. The Bertz CT molecular complexity index is 658. The van der Waals surface area contributed by atoms with Gasteiger partial charge in [-0.05, 0) is 24.6 Å². The second-order valence-electron chi connectivity index (χ2n) is 5.10. The zero-order chi connectivity index (χ0) is 18.4. The number of allylic oxidation sites excluding steroid dienone is 1. The van der Waals surface area contributed by atoms with Gasteiger partial charge in [-0.15, -0.1) is 5.76 Å². The minimum absolute atomic E-state index is 0.301. The third-order valence-corrected chi connectivity index (χ3v) is 3.80. The summed E-state index contributed by atoms with van der Waals surface area (Å²) >= 11 is 5.86. The van der Waals surface area contributed by atoms with E-state index < -0.39 is 35.3 Å². The Hall–Kier alpha value is -2.34. The van der Waals surface area contributed by atoms with E-state index in [2.05, 4.69) is 9.47 Å². The molecule has 1 aromatic rings. The summed E-state index contributed by atoms with van der Waals surface area (Å²) in [6, 6.07) is 6.15. The normalized spacial score (nSPS) is 14.2. The van der Waals surface area contributed by atoms with Gasteiger partial charge in [0.1, 0.15) is 11.7 Å². The molecule has 0 saturated heterocycles. The number of carbonyl (C=O) groups is 3. The van der Waals surface area contributed by atoms with Gasteiger partial charge in [0, 0.05) is 16.5 Å². The third kappa shape index (κ3) is 4.35. The fourth-order valence-corrected chi connectivity index (χ4v) is 2.59. The SMILES string of the molecule is COC(=O)/C(=C(\C)[O-])C(c1ccc(Cl)cc1)C(C(C)=O)C(=O)OC. The standard InChI is InChI=1S/C17H19ClO6/c1-9(19)13(16(21)23-3)15(11-5-7-12(18)8-6-11)14(10(2)20)17(22)24-4/h5-8,13,15,20H,1-4H3/p-1/b14-10+. The molecule has 2 atom stereocenters. The van der Waals surface area contributed by atoms with E-state index in [1.54, 1.807) is 0 Å². The topological polar surface area (TPSA) is 92.7 Å². The van der Waals surface area contributed by atoms with E-state index >= 15 is 0 Å². The molecule has 0 fully saturated rings. The first-order valence-electron chi connectivity index (χ1n) is 7.04. The van der Waals surface area contributed by atoms with Crippen molar-refractivity contribution in [2.24, 2.45) is 5.92 Å². The fraction of sp³-hybridized carbons (Fsp3) is 0.353. The van der Waals surface area contributed by atoms with Gasteiger partial charge in [-0.25, -0.2) is 4.79 Å². The number of hydrogen-bond acceptors (Lipinski definition) is 6. The van der Waals surface area contributed by atoms with Crippen LogP contribution in [0.25, 0.3) is 0 Å². The second-order valence-corrected chi connectivity index (χ2v) is 5.54. The summed E-state index contributed by atoms with van der Waals surface area (Å²) in [4.78, 5) is 36.3. The molecule has 6 nitrogen and oxygen atoms in total. The molecule has 0 aliphatic rings. The number of ether oxygens (including phenoxy) is 2. The lowest BCUT2D eigenvalue weighted by Gasteiger charge is -2.28. The van der Waals surface area contributed by atoms with Crippen LogP contribution in [0.4, 0.5) is 0 Å². The molecule has 1 rings (SSSR count). The van der Waals surface area contributed by atoms with E-state index in [0.29, 0.717) is 10.6 Å². The highest BCUT2D eigenvalue weighted by atomic mass is 35.5. The number of benzene rings is 1. The maximum Gasteiger partial charge on any atom is 0.333 e. The van der Waals surface area contributed by atoms with Gasteiger partial charge in [-0.2, -0.15) is 0 Å². The third-order valence-electron chi connectivity index (χ3n) is 3.55. The molecule has 1 aromatic carbocycles. The van der Waals surface area contributed by atoms with Gasteiger partial charge in [-0.3, -0.25) is 9.59 Å².